The van der Waals surface area contributed by atoms with Gasteiger partial charge in [0.15, 0.2) is 23.0 Å². The van der Waals surface area contributed by atoms with Crippen molar-refractivity contribution in [1.82, 2.24) is 45.0 Å². The highest BCUT2D eigenvalue weighted by atomic mass is 32.1. The first-order valence-electron chi connectivity index (χ1n) is 26.5. The number of nitrogens with zero attached hydrogens (tertiary/aromatic N) is 8. The number of aromatic nitrogens is 6. The summed E-state index contributed by atoms with van der Waals surface area (Å²) in [4.78, 5) is 66.0. The van der Waals surface area contributed by atoms with E-state index < -0.39 is 71.0 Å². The molecule has 0 unspecified atom stereocenters. The van der Waals surface area contributed by atoms with Gasteiger partial charge in [0.2, 0.25) is 17.7 Å². The number of nitrogens with one attached hydrogen (secondary N) is 2. The van der Waals surface area contributed by atoms with Crippen molar-refractivity contribution >= 4 is 51.7 Å². The third-order valence-corrected chi connectivity index (χ3v) is 15.1. The molecule has 0 aliphatic carbocycles. The molecule has 0 spiro atoms. The summed E-state index contributed by atoms with van der Waals surface area (Å²) in [6.07, 6.45) is -1.30. The number of benzene rings is 2. The number of piperidine rings is 1. The highest BCUT2D eigenvalue weighted by molar-refractivity contribution is 7.13. The zero-order valence-electron chi connectivity index (χ0n) is 45.5. The van der Waals surface area contributed by atoms with Crippen LogP contribution in [-0.4, -0.2) is 164 Å². The van der Waals surface area contributed by atoms with Gasteiger partial charge in [-0.15, -0.1) is 11.3 Å². The number of thiazole rings is 1. The topological polar surface area (TPSA) is 281 Å². The Morgan fingerprint density at radius 2 is 1.65 bits per heavy atom. The molecule has 2 fully saturated rings. The van der Waals surface area contributed by atoms with Crippen molar-refractivity contribution in [3.8, 4) is 27.4 Å². The van der Waals surface area contributed by atoms with Crippen molar-refractivity contribution in [2.24, 2.45) is 11.1 Å². The number of rotatable bonds is 25. The maximum Gasteiger partial charge on any atom is 0.265 e. The van der Waals surface area contributed by atoms with Gasteiger partial charge in [-0.1, -0.05) is 45.0 Å². The molecule has 21 nitrogen and oxygen atoms in total. The van der Waals surface area contributed by atoms with Gasteiger partial charge in [-0.3, -0.25) is 19.4 Å². The van der Waals surface area contributed by atoms with Gasteiger partial charge in [-0.2, -0.15) is 0 Å². The van der Waals surface area contributed by atoms with Crippen molar-refractivity contribution in [2.45, 2.75) is 103 Å². The third kappa shape index (κ3) is 15.0. The lowest BCUT2D eigenvalue weighted by Gasteiger charge is -2.44. The Labute approximate surface area is 469 Å². The Bertz CT molecular complexity index is 3130. The lowest BCUT2D eigenvalue weighted by atomic mass is 9.84. The number of fused-ring (bicyclic) bond motifs is 1. The number of nitrogen functional groups attached to an aromatic ring is 1. The van der Waals surface area contributed by atoms with Gasteiger partial charge in [-0.25, -0.2) is 37.5 Å². The van der Waals surface area contributed by atoms with Crippen LogP contribution in [0.1, 0.15) is 63.3 Å². The Morgan fingerprint density at radius 3 is 2.35 bits per heavy atom. The van der Waals surface area contributed by atoms with Crippen molar-refractivity contribution in [1.29, 1.82) is 0 Å². The summed E-state index contributed by atoms with van der Waals surface area (Å²) in [5.74, 6) is -3.21. The molecule has 2 aliphatic rings. The van der Waals surface area contributed by atoms with E-state index in [-0.39, 0.29) is 115 Å². The Kier molecular flexibility index (Phi) is 19.9. The number of halogens is 4. The normalized spacial score (nSPS) is 18.4. The number of anilines is 2. The number of β-amino-alcohol motifs (C(OH)–C–C–N with tert-alkyl or cyclic N) is 1. The molecule has 8 rings (SSSR count). The zero-order chi connectivity index (χ0) is 58.0. The summed E-state index contributed by atoms with van der Waals surface area (Å²) in [6, 6.07) is 9.28. The first kappa shape index (κ1) is 60.2. The first-order chi connectivity index (χ1) is 38.7. The standard InChI is InChI=1S/C55H68F4N12O9S/c1-32-46(81-31-67-32)34-8-6-33(7-9-34)24-63-52(75)41-21-36(72)27-71(41)53(76)47(54(2,3)4)68-44(73)10-13-77-14-15-78-16-17-79-18-19-80-43-23-38(56)37(22-39(43)57)40-20-35(26-70-30-66-45-50(60)64-29-65-51(45)70)42(25-62-40)69-12-5-11-55(61,28-69)48(74)49(58)59/h6-9,20,22-23,25,29-31,36,41,47-49,72,74H,5,10-19,21,24,26-28,61H2,1-4H3,(H,63,75)(H,68,73)(H2,60,64,65)/t36-,41+,47-,48-,55-/m1/s1. The van der Waals surface area contributed by atoms with Gasteiger partial charge in [0, 0.05) is 50.7 Å². The fraction of sp³-hybridized carbons (Fsp3) is 0.491. The summed E-state index contributed by atoms with van der Waals surface area (Å²) in [5, 5.41) is 26.6. The number of hydrogen-bond donors (Lipinski definition) is 6. The van der Waals surface area contributed by atoms with Crippen LogP contribution in [0.5, 0.6) is 5.75 Å². The number of hydrogen-bond acceptors (Lipinski definition) is 18. The highest BCUT2D eigenvalue weighted by Gasteiger charge is 2.45. The molecular weight excluding hydrogens is 1080 g/mol. The number of ether oxygens (including phenoxy) is 4. The summed E-state index contributed by atoms with van der Waals surface area (Å²) in [7, 11) is 0. The molecule has 436 valence electrons. The number of aliphatic hydroxyl groups excluding tert-OH is 2. The molecule has 26 heteroatoms. The van der Waals surface area contributed by atoms with Crippen LogP contribution in [0.3, 0.4) is 0 Å². The van der Waals surface area contributed by atoms with Crippen molar-refractivity contribution in [3.05, 3.63) is 95.3 Å². The number of alkyl halides is 2. The van der Waals surface area contributed by atoms with Gasteiger partial charge in [0.1, 0.15) is 42.5 Å². The van der Waals surface area contributed by atoms with E-state index in [0.717, 1.165) is 33.8 Å². The SMILES string of the molecule is Cc1ncsc1-c1ccc(CNC(=O)[C@@H]2C[C@@H](O)CN2C(=O)[C@@H](NC(=O)CCOCCOCCOCCOc2cc(F)c(-c3cc(Cn4cnc5c(N)ncnc54)c(N4CCC[C@](N)([C@H](O)C(F)F)C4)cn3)cc2F)C(C)(C)C)cc1. The molecule has 0 radical (unpaired) electrons. The second kappa shape index (κ2) is 26.8. The highest BCUT2D eigenvalue weighted by Crippen LogP contribution is 2.36. The molecule has 0 bridgehead atoms. The van der Waals surface area contributed by atoms with Crippen LogP contribution in [0.25, 0.3) is 32.9 Å². The van der Waals surface area contributed by atoms with Crippen molar-refractivity contribution < 1.29 is 61.1 Å². The number of amides is 3. The van der Waals surface area contributed by atoms with Crippen LogP contribution in [0.4, 0.5) is 29.1 Å². The summed E-state index contributed by atoms with van der Waals surface area (Å²) in [5.41, 5.74) is 16.2. The van der Waals surface area contributed by atoms with Crippen molar-refractivity contribution in [3.63, 3.8) is 0 Å². The van der Waals surface area contributed by atoms with E-state index in [1.807, 2.05) is 31.2 Å². The van der Waals surface area contributed by atoms with Crippen LogP contribution in [-0.2, 0) is 41.7 Å². The van der Waals surface area contributed by atoms with E-state index in [1.165, 1.54) is 23.8 Å². The molecule has 6 aromatic rings. The number of carbonyl (C=O) groups is 3. The maximum atomic E-state index is 15.8. The third-order valence-electron chi connectivity index (χ3n) is 14.2. The van der Waals surface area contributed by atoms with Gasteiger partial charge >= 0.3 is 0 Å². The largest absolute Gasteiger partial charge is 0.488 e. The van der Waals surface area contributed by atoms with E-state index in [4.69, 9.17) is 30.4 Å². The minimum atomic E-state index is -3.06. The number of carbonyl (C=O) groups excluding carboxylic acids is 3. The average molecular weight is 1150 g/mol. The number of aryl methyl sites for hydroxylation is 1. The Balaban J connectivity index is 0.748. The van der Waals surface area contributed by atoms with Crippen molar-refractivity contribution in [2.75, 3.05) is 76.5 Å². The molecule has 3 amide bonds. The minimum Gasteiger partial charge on any atom is -0.488 e. The van der Waals surface area contributed by atoms with E-state index in [9.17, 15) is 33.4 Å². The van der Waals surface area contributed by atoms with E-state index >= 15 is 8.78 Å². The fourth-order valence-corrected chi connectivity index (χ4v) is 10.6. The second-order valence-corrected chi connectivity index (χ2v) is 22.0. The van der Waals surface area contributed by atoms with Crippen LogP contribution >= 0.6 is 11.3 Å². The zero-order valence-corrected chi connectivity index (χ0v) is 46.3. The van der Waals surface area contributed by atoms with Crippen LogP contribution in [0, 0.1) is 24.0 Å². The minimum absolute atomic E-state index is 0.0207. The average Bonchev–Trinajstić information content (AvgIpc) is 4.22. The maximum absolute atomic E-state index is 15.8. The van der Waals surface area contributed by atoms with Crippen LogP contribution in [0.15, 0.2) is 66.8 Å². The van der Waals surface area contributed by atoms with E-state index in [0.29, 0.717) is 35.4 Å². The summed E-state index contributed by atoms with van der Waals surface area (Å²) < 4.78 is 82.6. The molecule has 2 aromatic carbocycles. The predicted octanol–water partition coefficient (Wildman–Crippen LogP) is 4.78. The number of nitrogens with two attached hydrogens (primary N) is 2. The van der Waals surface area contributed by atoms with Crippen LogP contribution < -0.4 is 31.7 Å². The predicted molar refractivity (Wildman–Crippen MR) is 293 cm³/mol. The lowest BCUT2D eigenvalue weighted by Crippen LogP contribution is -2.63. The summed E-state index contributed by atoms with van der Waals surface area (Å²) in [6.45, 7) is 8.50. The number of likely N-dealkylation sites (tertiary alicyclic amines) is 1. The molecule has 0 saturated carbocycles. The Morgan fingerprint density at radius 1 is 0.938 bits per heavy atom. The van der Waals surface area contributed by atoms with E-state index in [1.54, 1.807) is 53.2 Å². The lowest BCUT2D eigenvalue weighted by molar-refractivity contribution is -0.144. The summed E-state index contributed by atoms with van der Waals surface area (Å²) >= 11 is 1.55. The monoisotopic (exact) mass is 1150 g/mol. The molecule has 4 aromatic heterocycles. The number of aliphatic hydroxyl groups is 2. The molecule has 6 heterocycles. The number of pyridine rings is 1. The van der Waals surface area contributed by atoms with Crippen LogP contribution in [0.2, 0.25) is 0 Å². The van der Waals surface area contributed by atoms with Gasteiger partial charge in [0.25, 0.3) is 6.43 Å². The number of imidazole rings is 1. The van der Waals surface area contributed by atoms with E-state index in [2.05, 4.69) is 35.6 Å². The van der Waals surface area contributed by atoms with Gasteiger partial charge in [-0.05, 0) is 54.0 Å². The fourth-order valence-electron chi connectivity index (χ4n) is 9.82. The second-order valence-electron chi connectivity index (χ2n) is 21.2. The van der Waals surface area contributed by atoms with Gasteiger partial charge in [0.05, 0.1) is 97.8 Å². The smallest absolute Gasteiger partial charge is 0.265 e. The molecule has 81 heavy (non-hydrogen) atoms. The van der Waals surface area contributed by atoms with Gasteiger partial charge < -0.3 is 65.6 Å². The molecule has 5 atom stereocenters. The molecule has 8 N–H and O–H groups in total. The molecule has 2 saturated heterocycles. The Hall–Kier alpha value is -6.94. The quantitative estimate of drug-likeness (QED) is 0.0332. The first-order valence-corrected chi connectivity index (χ1v) is 27.4. The molecule has 2 aliphatic heterocycles. The molecular formula is C55H68F4N12O9S.